The molecule has 0 saturated carbocycles. The third-order valence-electron chi connectivity index (χ3n) is 4.20. The van der Waals surface area contributed by atoms with Crippen LogP contribution in [0.5, 0.6) is 5.75 Å². The van der Waals surface area contributed by atoms with Gasteiger partial charge in [0.15, 0.2) is 0 Å². The minimum Gasteiger partial charge on any atom is -0.493 e. The summed E-state index contributed by atoms with van der Waals surface area (Å²) >= 11 is 0. The van der Waals surface area contributed by atoms with Crippen LogP contribution in [0.4, 0.5) is 4.39 Å². The average Bonchev–Trinajstić information content (AvgIpc) is 2.66. The van der Waals surface area contributed by atoms with Crippen LogP contribution < -0.4 is 4.74 Å². The van der Waals surface area contributed by atoms with Crippen LogP contribution in [0.25, 0.3) is 22.5 Å². The van der Waals surface area contributed by atoms with Crippen LogP contribution in [0, 0.1) is 18.7 Å². The van der Waals surface area contributed by atoms with Gasteiger partial charge in [-0.05, 0) is 37.1 Å². The number of benzene rings is 2. The van der Waals surface area contributed by atoms with Crippen molar-refractivity contribution in [2.24, 2.45) is 5.92 Å². The zero-order valence-corrected chi connectivity index (χ0v) is 16.1. The first-order valence-electron chi connectivity index (χ1n) is 9.08. The van der Waals surface area contributed by atoms with Crippen LogP contribution in [0.3, 0.4) is 0 Å². The summed E-state index contributed by atoms with van der Waals surface area (Å²) in [5.41, 5.74) is 3.21. The third kappa shape index (κ3) is 4.55. The Morgan fingerprint density at radius 2 is 1.79 bits per heavy atom. The number of pyridine rings is 1. The molecule has 0 fully saturated rings. The second-order valence-corrected chi connectivity index (χ2v) is 7.14. The second kappa shape index (κ2) is 8.21. The SMILES string of the molecule is Cc1ccc(-c2nc(-c3cc(F)cc(OCC(C)C)c3)ccc2C(=O)O)cc1. The summed E-state index contributed by atoms with van der Waals surface area (Å²) in [5, 5.41) is 9.53. The third-order valence-corrected chi connectivity index (χ3v) is 4.20. The smallest absolute Gasteiger partial charge is 0.337 e. The first-order valence-corrected chi connectivity index (χ1v) is 9.08. The molecule has 0 saturated heterocycles. The number of rotatable bonds is 6. The zero-order valence-electron chi connectivity index (χ0n) is 16.1. The number of carbonyl (C=O) groups is 1. The second-order valence-electron chi connectivity index (χ2n) is 7.14. The zero-order chi connectivity index (χ0) is 20.3. The van der Waals surface area contributed by atoms with E-state index >= 15 is 0 Å². The number of aromatic nitrogens is 1. The van der Waals surface area contributed by atoms with Gasteiger partial charge in [0.05, 0.1) is 23.6 Å². The van der Waals surface area contributed by atoms with Gasteiger partial charge < -0.3 is 9.84 Å². The predicted octanol–water partition coefficient (Wildman–Crippen LogP) is 5.60. The van der Waals surface area contributed by atoms with Crippen molar-refractivity contribution in [1.82, 2.24) is 4.98 Å². The molecule has 0 aliphatic carbocycles. The van der Waals surface area contributed by atoms with Crippen molar-refractivity contribution in [3.8, 4) is 28.3 Å². The summed E-state index contributed by atoms with van der Waals surface area (Å²) in [6.07, 6.45) is 0. The standard InChI is InChI=1S/C23H22FNO3/c1-14(2)13-28-19-11-17(10-18(24)12-19)21-9-8-20(23(26)27)22(25-21)16-6-4-15(3)5-7-16/h4-12,14H,13H2,1-3H3,(H,26,27). The highest BCUT2D eigenvalue weighted by Gasteiger charge is 2.16. The van der Waals surface area contributed by atoms with Gasteiger partial charge in [-0.2, -0.15) is 0 Å². The van der Waals surface area contributed by atoms with Gasteiger partial charge in [0.2, 0.25) is 0 Å². The van der Waals surface area contributed by atoms with Crippen molar-refractivity contribution in [3.05, 3.63) is 71.5 Å². The number of nitrogens with zero attached hydrogens (tertiary/aromatic N) is 1. The van der Waals surface area contributed by atoms with E-state index in [1.807, 2.05) is 45.0 Å². The molecule has 0 aliphatic heterocycles. The molecule has 5 heteroatoms. The minimum absolute atomic E-state index is 0.0975. The summed E-state index contributed by atoms with van der Waals surface area (Å²) in [6.45, 7) is 6.46. The highest BCUT2D eigenvalue weighted by molar-refractivity contribution is 5.95. The summed E-state index contributed by atoms with van der Waals surface area (Å²) in [6, 6.07) is 15.0. The molecular formula is C23H22FNO3. The Bertz CT molecular complexity index is 997. The molecule has 144 valence electrons. The van der Waals surface area contributed by atoms with Crippen LogP contribution >= 0.6 is 0 Å². The highest BCUT2D eigenvalue weighted by atomic mass is 19.1. The Balaban J connectivity index is 2.07. The number of carboxylic acid groups (broad SMARTS) is 1. The lowest BCUT2D eigenvalue weighted by Gasteiger charge is -2.12. The van der Waals surface area contributed by atoms with Crippen molar-refractivity contribution in [3.63, 3.8) is 0 Å². The van der Waals surface area contributed by atoms with E-state index < -0.39 is 11.8 Å². The van der Waals surface area contributed by atoms with E-state index in [9.17, 15) is 14.3 Å². The summed E-state index contributed by atoms with van der Waals surface area (Å²) in [7, 11) is 0. The predicted molar refractivity (Wildman–Crippen MR) is 107 cm³/mol. The van der Waals surface area contributed by atoms with Gasteiger partial charge in [-0.3, -0.25) is 0 Å². The lowest BCUT2D eigenvalue weighted by atomic mass is 10.0. The maximum absolute atomic E-state index is 14.1. The van der Waals surface area contributed by atoms with Crippen molar-refractivity contribution in [2.75, 3.05) is 6.61 Å². The molecule has 1 heterocycles. The quantitative estimate of drug-likeness (QED) is 0.606. The Kier molecular flexibility index (Phi) is 5.73. The van der Waals surface area contributed by atoms with Crippen LogP contribution in [0.2, 0.25) is 0 Å². The van der Waals surface area contributed by atoms with Gasteiger partial charge in [0.1, 0.15) is 11.6 Å². The minimum atomic E-state index is -1.06. The fourth-order valence-corrected chi connectivity index (χ4v) is 2.78. The molecule has 1 N–H and O–H groups in total. The first kappa shape index (κ1) is 19.5. The van der Waals surface area contributed by atoms with Gasteiger partial charge in [-0.1, -0.05) is 43.7 Å². The van der Waals surface area contributed by atoms with Gasteiger partial charge >= 0.3 is 5.97 Å². The molecule has 0 radical (unpaired) electrons. The number of aryl methyl sites for hydroxylation is 1. The van der Waals surface area contributed by atoms with E-state index in [0.29, 0.717) is 40.8 Å². The molecule has 3 rings (SSSR count). The van der Waals surface area contributed by atoms with Gasteiger partial charge in [0, 0.05) is 17.2 Å². The molecule has 0 spiro atoms. The van der Waals surface area contributed by atoms with Crippen LogP contribution in [0.15, 0.2) is 54.6 Å². The number of hydrogen-bond acceptors (Lipinski definition) is 3. The summed E-state index contributed by atoms with van der Waals surface area (Å²) in [5.74, 6) is -0.760. The highest BCUT2D eigenvalue weighted by Crippen LogP contribution is 2.29. The number of halogens is 1. The van der Waals surface area contributed by atoms with Gasteiger partial charge in [-0.15, -0.1) is 0 Å². The lowest BCUT2D eigenvalue weighted by molar-refractivity contribution is 0.0697. The average molecular weight is 379 g/mol. The summed E-state index contributed by atoms with van der Waals surface area (Å²) in [4.78, 5) is 16.2. The molecule has 0 aliphatic rings. The molecule has 1 aromatic heterocycles. The monoisotopic (exact) mass is 379 g/mol. The largest absolute Gasteiger partial charge is 0.493 e. The molecule has 28 heavy (non-hydrogen) atoms. The Labute approximate surface area is 163 Å². The molecule has 4 nitrogen and oxygen atoms in total. The molecule has 0 atom stereocenters. The number of aromatic carboxylic acids is 1. The Morgan fingerprint density at radius 1 is 1.07 bits per heavy atom. The topological polar surface area (TPSA) is 59.4 Å². The summed E-state index contributed by atoms with van der Waals surface area (Å²) < 4.78 is 19.7. The van der Waals surface area contributed by atoms with Gasteiger partial charge in [-0.25, -0.2) is 14.2 Å². The molecule has 0 amide bonds. The Hall–Kier alpha value is -3.21. The van der Waals surface area contributed by atoms with E-state index in [1.54, 1.807) is 12.1 Å². The van der Waals surface area contributed by atoms with Crippen LogP contribution in [-0.2, 0) is 0 Å². The maximum Gasteiger partial charge on any atom is 0.337 e. The number of hydrogen-bond donors (Lipinski definition) is 1. The fourth-order valence-electron chi connectivity index (χ4n) is 2.78. The normalized spacial score (nSPS) is 10.9. The number of ether oxygens (including phenoxy) is 1. The lowest BCUT2D eigenvalue weighted by Crippen LogP contribution is -2.05. The molecule has 3 aromatic rings. The van der Waals surface area contributed by atoms with Gasteiger partial charge in [0.25, 0.3) is 0 Å². The molecule has 2 aromatic carbocycles. The van der Waals surface area contributed by atoms with Crippen molar-refractivity contribution in [2.45, 2.75) is 20.8 Å². The Morgan fingerprint density at radius 3 is 2.43 bits per heavy atom. The van der Waals surface area contributed by atoms with E-state index in [-0.39, 0.29) is 5.56 Å². The maximum atomic E-state index is 14.1. The van der Waals surface area contributed by atoms with E-state index in [2.05, 4.69) is 4.98 Å². The first-order chi connectivity index (χ1) is 13.3. The van der Waals surface area contributed by atoms with Crippen LogP contribution in [0.1, 0.15) is 29.8 Å². The molecule has 0 unspecified atom stereocenters. The van der Waals surface area contributed by atoms with E-state index in [4.69, 9.17) is 4.74 Å². The van der Waals surface area contributed by atoms with E-state index in [1.165, 1.54) is 18.2 Å². The van der Waals surface area contributed by atoms with Crippen molar-refractivity contribution < 1.29 is 19.0 Å². The molecule has 0 bridgehead atoms. The fraction of sp³-hybridized carbons (Fsp3) is 0.217. The van der Waals surface area contributed by atoms with E-state index in [0.717, 1.165) is 5.56 Å². The van der Waals surface area contributed by atoms with Crippen molar-refractivity contribution in [1.29, 1.82) is 0 Å². The van der Waals surface area contributed by atoms with Crippen LogP contribution in [-0.4, -0.2) is 22.7 Å². The van der Waals surface area contributed by atoms with Crippen molar-refractivity contribution >= 4 is 5.97 Å². The molecular weight excluding hydrogens is 357 g/mol. The number of carboxylic acids is 1.